The van der Waals surface area contributed by atoms with Gasteiger partial charge < -0.3 is 10.1 Å². The van der Waals surface area contributed by atoms with Gasteiger partial charge in [-0.2, -0.15) is 0 Å². The lowest BCUT2D eigenvalue weighted by atomic mass is 9.98. The fourth-order valence-corrected chi connectivity index (χ4v) is 2.54. The third-order valence-electron chi connectivity index (χ3n) is 3.69. The van der Waals surface area contributed by atoms with Gasteiger partial charge in [0.1, 0.15) is 5.75 Å². The molecule has 112 valence electrons. The third kappa shape index (κ3) is 3.78. The Hall–Kier alpha value is -1.51. The molecule has 0 aliphatic carbocycles. The van der Waals surface area contributed by atoms with Crippen LogP contribution in [0.15, 0.2) is 42.5 Å². The highest BCUT2D eigenvalue weighted by Gasteiger charge is 2.14. The van der Waals surface area contributed by atoms with Gasteiger partial charge in [0.15, 0.2) is 5.75 Å². The van der Waals surface area contributed by atoms with Crippen LogP contribution in [-0.2, 0) is 6.54 Å². The van der Waals surface area contributed by atoms with E-state index in [0.29, 0.717) is 10.9 Å². The highest BCUT2D eigenvalue weighted by Crippen LogP contribution is 2.37. The number of halogens is 1. The molecule has 0 aliphatic heterocycles. The van der Waals surface area contributed by atoms with Crippen LogP contribution in [-0.4, -0.2) is 7.05 Å². The fourth-order valence-electron chi connectivity index (χ4n) is 2.31. The average molecular weight is 304 g/mol. The van der Waals surface area contributed by atoms with Crippen molar-refractivity contribution in [3.8, 4) is 11.5 Å². The molecular formula is C18H22ClNO. The Bertz CT molecular complexity index is 598. The number of ether oxygens (including phenoxy) is 1. The second-order valence-electron chi connectivity index (χ2n) is 5.21. The Balaban J connectivity index is 2.39. The Morgan fingerprint density at radius 3 is 2.62 bits per heavy atom. The molecule has 2 aromatic carbocycles. The van der Waals surface area contributed by atoms with Crippen molar-refractivity contribution in [1.29, 1.82) is 0 Å². The van der Waals surface area contributed by atoms with E-state index in [2.05, 4.69) is 31.3 Å². The first kappa shape index (κ1) is 15.9. The van der Waals surface area contributed by atoms with Crippen LogP contribution in [0, 0.1) is 0 Å². The van der Waals surface area contributed by atoms with Crippen molar-refractivity contribution >= 4 is 11.6 Å². The van der Waals surface area contributed by atoms with Gasteiger partial charge in [-0.15, -0.1) is 0 Å². The summed E-state index contributed by atoms with van der Waals surface area (Å²) in [7, 11) is 1.91. The van der Waals surface area contributed by atoms with E-state index in [1.165, 1.54) is 5.56 Å². The van der Waals surface area contributed by atoms with Crippen LogP contribution in [0.4, 0.5) is 0 Å². The van der Waals surface area contributed by atoms with Crippen LogP contribution in [0.5, 0.6) is 11.5 Å². The van der Waals surface area contributed by atoms with Gasteiger partial charge in [-0.1, -0.05) is 55.8 Å². The molecule has 0 spiro atoms. The maximum Gasteiger partial charge on any atom is 0.150 e. The standard InChI is InChI=1S/C18H22ClNO/c1-4-13(2)15-9-5-6-11-17(15)21-18-14(12-20-3)8-7-10-16(18)19/h5-11,13,20H,4,12H2,1-3H3. The van der Waals surface area contributed by atoms with E-state index >= 15 is 0 Å². The van der Waals surface area contributed by atoms with Crippen LogP contribution >= 0.6 is 11.6 Å². The summed E-state index contributed by atoms with van der Waals surface area (Å²) in [5.41, 5.74) is 2.28. The first-order valence-electron chi connectivity index (χ1n) is 7.36. The molecule has 0 saturated carbocycles. The molecule has 0 aliphatic rings. The van der Waals surface area contributed by atoms with Gasteiger partial charge >= 0.3 is 0 Å². The fraction of sp³-hybridized carbons (Fsp3) is 0.333. The van der Waals surface area contributed by atoms with Crippen LogP contribution in [0.25, 0.3) is 0 Å². The topological polar surface area (TPSA) is 21.3 Å². The molecule has 0 fully saturated rings. The van der Waals surface area contributed by atoms with Crippen molar-refractivity contribution in [3.05, 3.63) is 58.6 Å². The summed E-state index contributed by atoms with van der Waals surface area (Å²) in [6.45, 7) is 5.12. The van der Waals surface area contributed by atoms with Crippen LogP contribution < -0.4 is 10.1 Å². The normalized spacial score (nSPS) is 12.2. The smallest absolute Gasteiger partial charge is 0.150 e. The minimum absolute atomic E-state index is 0.455. The second kappa shape index (κ2) is 7.48. The SMILES string of the molecule is CCC(C)c1ccccc1Oc1c(Cl)cccc1CNC. The number of rotatable bonds is 6. The Morgan fingerprint density at radius 1 is 1.14 bits per heavy atom. The first-order valence-corrected chi connectivity index (χ1v) is 7.74. The third-order valence-corrected chi connectivity index (χ3v) is 3.99. The molecule has 1 atom stereocenters. The molecule has 1 unspecified atom stereocenters. The van der Waals surface area contributed by atoms with Crippen molar-refractivity contribution in [2.75, 3.05) is 7.05 Å². The zero-order valence-corrected chi connectivity index (χ0v) is 13.6. The maximum absolute atomic E-state index is 6.33. The van der Waals surface area contributed by atoms with Gasteiger partial charge in [-0.3, -0.25) is 0 Å². The van der Waals surface area contributed by atoms with Gasteiger partial charge in [0, 0.05) is 12.1 Å². The molecule has 3 heteroatoms. The molecule has 0 amide bonds. The lowest BCUT2D eigenvalue weighted by Gasteiger charge is -2.18. The van der Waals surface area contributed by atoms with Crippen molar-refractivity contribution in [3.63, 3.8) is 0 Å². The lowest BCUT2D eigenvalue weighted by Crippen LogP contribution is -2.07. The summed E-state index contributed by atoms with van der Waals surface area (Å²) in [6, 6.07) is 14.0. The molecule has 1 N–H and O–H groups in total. The summed E-state index contributed by atoms with van der Waals surface area (Å²) >= 11 is 6.33. The van der Waals surface area contributed by atoms with E-state index in [1.807, 2.05) is 37.4 Å². The quantitative estimate of drug-likeness (QED) is 0.775. The molecular weight excluding hydrogens is 282 g/mol. The second-order valence-corrected chi connectivity index (χ2v) is 5.61. The van der Waals surface area contributed by atoms with Gasteiger partial charge in [0.05, 0.1) is 5.02 Å². The lowest BCUT2D eigenvalue weighted by molar-refractivity contribution is 0.463. The number of benzene rings is 2. The Morgan fingerprint density at radius 2 is 1.90 bits per heavy atom. The minimum atomic E-state index is 0.455. The Kier molecular flexibility index (Phi) is 5.66. The molecule has 0 radical (unpaired) electrons. The zero-order chi connectivity index (χ0) is 15.2. The summed E-state index contributed by atoms with van der Waals surface area (Å²) in [5, 5.41) is 3.79. The molecule has 2 aromatic rings. The minimum Gasteiger partial charge on any atom is -0.455 e. The molecule has 2 rings (SSSR count). The summed E-state index contributed by atoms with van der Waals surface area (Å²) in [4.78, 5) is 0. The average Bonchev–Trinajstić information content (AvgIpc) is 2.50. The van der Waals surface area contributed by atoms with Crippen molar-refractivity contribution in [1.82, 2.24) is 5.32 Å². The predicted molar refractivity (Wildman–Crippen MR) is 89.4 cm³/mol. The van der Waals surface area contributed by atoms with Gasteiger partial charge in [-0.25, -0.2) is 0 Å². The van der Waals surface area contributed by atoms with Crippen molar-refractivity contribution in [2.45, 2.75) is 32.7 Å². The highest BCUT2D eigenvalue weighted by molar-refractivity contribution is 6.32. The molecule has 0 saturated heterocycles. The molecule has 0 aromatic heterocycles. The van der Waals surface area contributed by atoms with E-state index < -0.39 is 0 Å². The largest absolute Gasteiger partial charge is 0.455 e. The summed E-state index contributed by atoms with van der Waals surface area (Å²) in [6.07, 6.45) is 1.08. The van der Waals surface area contributed by atoms with E-state index in [4.69, 9.17) is 16.3 Å². The van der Waals surface area contributed by atoms with Crippen LogP contribution in [0.3, 0.4) is 0 Å². The van der Waals surface area contributed by atoms with Crippen molar-refractivity contribution in [2.24, 2.45) is 0 Å². The molecule has 2 nitrogen and oxygen atoms in total. The molecule has 21 heavy (non-hydrogen) atoms. The first-order chi connectivity index (χ1) is 10.2. The zero-order valence-electron chi connectivity index (χ0n) is 12.8. The number of hydrogen-bond acceptors (Lipinski definition) is 2. The highest BCUT2D eigenvalue weighted by atomic mass is 35.5. The van der Waals surface area contributed by atoms with E-state index in [0.717, 1.165) is 30.0 Å². The van der Waals surface area contributed by atoms with E-state index in [9.17, 15) is 0 Å². The molecule has 0 heterocycles. The Labute approximate surface area is 132 Å². The monoisotopic (exact) mass is 303 g/mol. The summed E-state index contributed by atoms with van der Waals surface area (Å²) < 4.78 is 6.17. The van der Waals surface area contributed by atoms with Gasteiger partial charge in [-0.05, 0) is 37.1 Å². The van der Waals surface area contributed by atoms with Gasteiger partial charge in [0.2, 0.25) is 0 Å². The van der Waals surface area contributed by atoms with Crippen molar-refractivity contribution < 1.29 is 4.74 Å². The predicted octanol–water partition coefficient (Wildman–Crippen LogP) is 5.37. The number of nitrogens with one attached hydrogen (secondary N) is 1. The van der Waals surface area contributed by atoms with E-state index in [-0.39, 0.29) is 0 Å². The van der Waals surface area contributed by atoms with Crippen LogP contribution in [0.1, 0.15) is 37.3 Å². The maximum atomic E-state index is 6.33. The van der Waals surface area contributed by atoms with Crippen LogP contribution in [0.2, 0.25) is 5.02 Å². The summed E-state index contributed by atoms with van der Waals surface area (Å²) in [5.74, 6) is 2.08. The molecule has 0 bridgehead atoms. The number of para-hydroxylation sites is 2. The van der Waals surface area contributed by atoms with Gasteiger partial charge in [0.25, 0.3) is 0 Å². The van der Waals surface area contributed by atoms with E-state index in [1.54, 1.807) is 0 Å². The number of hydrogen-bond donors (Lipinski definition) is 1.